The fraction of sp³-hybridized carbons (Fsp3) is 0.235. The Morgan fingerprint density at radius 3 is 2.65 bits per heavy atom. The van der Waals surface area contributed by atoms with Crippen molar-refractivity contribution in [2.24, 2.45) is 0 Å². The molecule has 104 valence electrons. The van der Waals surface area contributed by atoms with Gasteiger partial charge in [-0.2, -0.15) is 0 Å². The number of hydrogen-bond acceptors (Lipinski definition) is 1. The third-order valence-corrected chi connectivity index (χ3v) is 3.67. The van der Waals surface area contributed by atoms with E-state index in [1.807, 2.05) is 18.2 Å². The second-order valence-corrected chi connectivity index (χ2v) is 5.30. The van der Waals surface area contributed by atoms with E-state index in [4.69, 9.17) is 11.6 Å². The van der Waals surface area contributed by atoms with Crippen LogP contribution in [0.5, 0.6) is 0 Å². The van der Waals surface area contributed by atoms with Crippen LogP contribution in [0.1, 0.15) is 42.1 Å². The summed E-state index contributed by atoms with van der Waals surface area (Å²) in [5.74, 6) is 0.272. The van der Waals surface area contributed by atoms with Gasteiger partial charge in [-0.05, 0) is 42.2 Å². The number of benzene rings is 2. The maximum absolute atomic E-state index is 12.3. The molecule has 0 bridgehead atoms. The van der Waals surface area contributed by atoms with E-state index >= 15 is 0 Å². The summed E-state index contributed by atoms with van der Waals surface area (Å²) in [5.41, 5.74) is 2.59. The molecule has 1 amide bonds. The van der Waals surface area contributed by atoms with Gasteiger partial charge in [0.05, 0.1) is 0 Å². The van der Waals surface area contributed by atoms with Crippen LogP contribution < -0.4 is 5.32 Å². The van der Waals surface area contributed by atoms with Gasteiger partial charge in [-0.1, -0.05) is 49.7 Å². The molecule has 1 atom stereocenters. The van der Waals surface area contributed by atoms with Crippen molar-refractivity contribution in [2.45, 2.75) is 26.2 Å². The third-order valence-electron chi connectivity index (χ3n) is 3.44. The predicted molar refractivity (Wildman–Crippen MR) is 84.6 cm³/mol. The van der Waals surface area contributed by atoms with Crippen molar-refractivity contribution in [3.8, 4) is 0 Å². The Kier molecular flexibility index (Phi) is 4.80. The van der Waals surface area contributed by atoms with E-state index in [9.17, 15) is 4.79 Å². The summed E-state index contributed by atoms with van der Waals surface area (Å²) in [5, 5.41) is 3.53. The minimum atomic E-state index is -0.136. The van der Waals surface area contributed by atoms with Gasteiger partial charge in [0, 0.05) is 16.3 Å². The van der Waals surface area contributed by atoms with Crippen molar-refractivity contribution >= 4 is 23.2 Å². The van der Waals surface area contributed by atoms with Gasteiger partial charge in [0.2, 0.25) is 0 Å². The maximum atomic E-state index is 12.3. The highest BCUT2D eigenvalue weighted by atomic mass is 35.5. The molecule has 0 aliphatic rings. The molecule has 2 rings (SSSR count). The van der Waals surface area contributed by atoms with Gasteiger partial charge >= 0.3 is 0 Å². The van der Waals surface area contributed by atoms with E-state index in [1.165, 1.54) is 0 Å². The summed E-state index contributed by atoms with van der Waals surface area (Å²) in [6.45, 7) is 4.30. The minimum Gasteiger partial charge on any atom is -0.322 e. The van der Waals surface area contributed by atoms with E-state index in [-0.39, 0.29) is 5.91 Å². The fourth-order valence-corrected chi connectivity index (χ4v) is 2.27. The summed E-state index contributed by atoms with van der Waals surface area (Å²) >= 11 is 5.92. The molecule has 0 aromatic heterocycles. The number of nitrogens with one attached hydrogen (secondary N) is 1. The average molecular weight is 288 g/mol. The first-order valence-corrected chi connectivity index (χ1v) is 7.15. The van der Waals surface area contributed by atoms with E-state index in [1.54, 1.807) is 24.3 Å². The topological polar surface area (TPSA) is 29.1 Å². The van der Waals surface area contributed by atoms with E-state index in [2.05, 4.69) is 25.2 Å². The van der Waals surface area contributed by atoms with Crippen LogP contribution in [0.15, 0.2) is 48.5 Å². The molecule has 0 aliphatic heterocycles. The Labute approximate surface area is 124 Å². The predicted octanol–water partition coefficient (Wildman–Crippen LogP) is 5.11. The van der Waals surface area contributed by atoms with Crippen molar-refractivity contribution in [2.75, 3.05) is 5.32 Å². The molecule has 1 N–H and O–H groups in total. The normalized spacial score (nSPS) is 11.9. The van der Waals surface area contributed by atoms with Crippen LogP contribution in [-0.4, -0.2) is 5.91 Å². The monoisotopic (exact) mass is 287 g/mol. The highest BCUT2D eigenvalue weighted by Crippen LogP contribution is 2.27. The second-order valence-electron chi connectivity index (χ2n) is 4.86. The number of para-hydroxylation sites is 1. The number of halogens is 1. The van der Waals surface area contributed by atoms with Crippen molar-refractivity contribution in [3.05, 3.63) is 64.7 Å². The van der Waals surface area contributed by atoms with Crippen molar-refractivity contribution in [1.29, 1.82) is 0 Å². The molecule has 0 saturated heterocycles. The summed E-state index contributed by atoms with van der Waals surface area (Å²) in [6, 6.07) is 14.9. The summed E-state index contributed by atoms with van der Waals surface area (Å²) < 4.78 is 0. The molecule has 0 spiro atoms. The fourth-order valence-electron chi connectivity index (χ4n) is 2.08. The first-order valence-electron chi connectivity index (χ1n) is 6.77. The van der Waals surface area contributed by atoms with Gasteiger partial charge < -0.3 is 5.32 Å². The van der Waals surface area contributed by atoms with Crippen LogP contribution in [0.3, 0.4) is 0 Å². The van der Waals surface area contributed by atoms with Crippen LogP contribution in [-0.2, 0) is 0 Å². The summed E-state index contributed by atoms with van der Waals surface area (Å²) in [4.78, 5) is 12.3. The Morgan fingerprint density at radius 2 is 1.95 bits per heavy atom. The number of carbonyl (C=O) groups excluding carboxylic acids is 1. The Balaban J connectivity index is 2.24. The highest BCUT2D eigenvalue weighted by molar-refractivity contribution is 6.31. The van der Waals surface area contributed by atoms with Crippen molar-refractivity contribution in [1.82, 2.24) is 0 Å². The SMILES string of the molecule is CC[C@H](C)c1ccccc1NC(=O)c1cccc(Cl)c1. The number of anilines is 1. The van der Waals surface area contributed by atoms with E-state index in [0.717, 1.165) is 17.7 Å². The zero-order chi connectivity index (χ0) is 14.5. The lowest BCUT2D eigenvalue weighted by atomic mass is 9.97. The Hall–Kier alpha value is -1.80. The maximum Gasteiger partial charge on any atom is 0.255 e. The van der Waals surface area contributed by atoms with E-state index < -0.39 is 0 Å². The summed E-state index contributed by atoms with van der Waals surface area (Å²) in [6.07, 6.45) is 1.03. The van der Waals surface area contributed by atoms with Gasteiger partial charge in [-0.3, -0.25) is 4.79 Å². The molecule has 2 aromatic rings. The van der Waals surface area contributed by atoms with Gasteiger partial charge in [-0.15, -0.1) is 0 Å². The first-order chi connectivity index (χ1) is 9.61. The Morgan fingerprint density at radius 1 is 1.20 bits per heavy atom. The zero-order valence-electron chi connectivity index (χ0n) is 11.7. The number of rotatable bonds is 4. The molecule has 2 aromatic carbocycles. The second kappa shape index (κ2) is 6.58. The number of carbonyl (C=O) groups is 1. The van der Waals surface area contributed by atoms with Gasteiger partial charge in [0.15, 0.2) is 0 Å². The molecule has 0 saturated carbocycles. The standard InChI is InChI=1S/C17H18ClNO/c1-3-12(2)15-9-4-5-10-16(15)19-17(20)13-7-6-8-14(18)11-13/h4-12H,3H2,1-2H3,(H,19,20)/t12-/m0/s1. The van der Waals surface area contributed by atoms with Crippen molar-refractivity contribution in [3.63, 3.8) is 0 Å². The molecular weight excluding hydrogens is 270 g/mol. The molecule has 0 unspecified atom stereocenters. The van der Waals surface area contributed by atoms with Gasteiger partial charge in [0.25, 0.3) is 5.91 Å². The summed E-state index contributed by atoms with van der Waals surface area (Å²) in [7, 11) is 0. The molecule has 2 nitrogen and oxygen atoms in total. The zero-order valence-corrected chi connectivity index (χ0v) is 12.4. The largest absolute Gasteiger partial charge is 0.322 e. The number of hydrogen-bond donors (Lipinski definition) is 1. The molecule has 3 heteroatoms. The lowest BCUT2D eigenvalue weighted by molar-refractivity contribution is 0.102. The third kappa shape index (κ3) is 3.40. The van der Waals surface area contributed by atoms with E-state index in [0.29, 0.717) is 16.5 Å². The molecule has 0 fully saturated rings. The van der Waals surface area contributed by atoms with Crippen LogP contribution >= 0.6 is 11.6 Å². The molecule has 0 radical (unpaired) electrons. The lowest BCUT2D eigenvalue weighted by Crippen LogP contribution is -2.13. The molecule has 0 heterocycles. The lowest BCUT2D eigenvalue weighted by Gasteiger charge is -2.15. The molecule has 0 aliphatic carbocycles. The minimum absolute atomic E-state index is 0.136. The van der Waals surface area contributed by atoms with Crippen LogP contribution in [0.25, 0.3) is 0 Å². The molecular formula is C17H18ClNO. The number of amides is 1. The average Bonchev–Trinajstić information content (AvgIpc) is 2.47. The Bertz CT molecular complexity index is 609. The highest BCUT2D eigenvalue weighted by Gasteiger charge is 2.12. The smallest absolute Gasteiger partial charge is 0.255 e. The van der Waals surface area contributed by atoms with Gasteiger partial charge in [0.1, 0.15) is 0 Å². The van der Waals surface area contributed by atoms with Crippen LogP contribution in [0.4, 0.5) is 5.69 Å². The van der Waals surface area contributed by atoms with Crippen LogP contribution in [0, 0.1) is 0 Å². The van der Waals surface area contributed by atoms with Gasteiger partial charge in [-0.25, -0.2) is 0 Å². The van der Waals surface area contributed by atoms with Crippen molar-refractivity contribution < 1.29 is 4.79 Å². The quantitative estimate of drug-likeness (QED) is 0.832. The molecule has 20 heavy (non-hydrogen) atoms. The first kappa shape index (κ1) is 14.6. The van der Waals surface area contributed by atoms with Crippen LogP contribution in [0.2, 0.25) is 5.02 Å².